The molecule has 1 aromatic carbocycles. The number of carboxylic acids is 1. The van der Waals surface area contributed by atoms with E-state index in [1.165, 1.54) is 20.3 Å². The summed E-state index contributed by atoms with van der Waals surface area (Å²) in [5, 5.41) is 12.3. The summed E-state index contributed by atoms with van der Waals surface area (Å²) in [6.45, 7) is 0. The molecule has 1 aliphatic rings. The molecule has 2 N–H and O–H groups in total. The lowest BCUT2D eigenvalue weighted by Crippen LogP contribution is -2.34. The number of anilines is 1. The zero-order valence-electron chi connectivity index (χ0n) is 12.8. The van der Waals surface area contributed by atoms with Crippen LogP contribution >= 0.6 is 11.6 Å². The molecule has 2 rings (SSSR count). The molecular weight excluding hydrogens is 322 g/mol. The van der Waals surface area contributed by atoms with Crippen LogP contribution in [-0.4, -0.2) is 31.2 Å². The molecule has 124 valence electrons. The second-order valence-electron chi connectivity index (χ2n) is 5.17. The van der Waals surface area contributed by atoms with Crippen molar-refractivity contribution in [1.82, 2.24) is 0 Å². The summed E-state index contributed by atoms with van der Waals surface area (Å²) in [4.78, 5) is 23.8. The van der Waals surface area contributed by atoms with Gasteiger partial charge in [0.2, 0.25) is 5.91 Å². The lowest BCUT2D eigenvalue weighted by atomic mass is 9.82. The molecule has 0 spiro atoms. The third kappa shape index (κ3) is 3.76. The number of carbonyl (C=O) groups is 2. The quantitative estimate of drug-likeness (QED) is 0.806. The predicted molar refractivity (Wildman–Crippen MR) is 86.2 cm³/mol. The van der Waals surface area contributed by atoms with Gasteiger partial charge in [0.25, 0.3) is 0 Å². The molecule has 0 radical (unpaired) electrons. The minimum absolute atomic E-state index is 0.342. The SMILES string of the molecule is COc1cc(NC(=O)[C@H]2CC=CC[C@H]2C(=O)O)c(OC)cc1Cl. The number of aliphatic carboxylic acids is 1. The Morgan fingerprint density at radius 3 is 2.30 bits per heavy atom. The van der Waals surface area contributed by atoms with Crippen LogP contribution in [0.5, 0.6) is 11.5 Å². The van der Waals surface area contributed by atoms with E-state index >= 15 is 0 Å². The van der Waals surface area contributed by atoms with Crippen LogP contribution < -0.4 is 14.8 Å². The van der Waals surface area contributed by atoms with Crippen LogP contribution in [0.1, 0.15) is 12.8 Å². The standard InChI is InChI=1S/C16H18ClNO5/c1-22-13-8-12(14(23-2)7-11(13)17)18-15(19)9-5-3-4-6-10(9)16(20)21/h3-4,7-10H,5-6H2,1-2H3,(H,18,19)(H,20,21)/t9-,10+/m0/s1. The van der Waals surface area contributed by atoms with E-state index in [-0.39, 0.29) is 5.91 Å². The molecular formula is C16H18ClNO5. The topological polar surface area (TPSA) is 84.9 Å². The van der Waals surface area contributed by atoms with Gasteiger partial charge in [-0.2, -0.15) is 0 Å². The molecule has 0 fully saturated rings. The Balaban J connectivity index is 2.25. The number of carboxylic acid groups (broad SMARTS) is 1. The van der Waals surface area contributed by atoms with Crippen molar-refractivity contribution >= 4 is 29.2 Å². The maximum atomic E-state index is 12.5. The van der Waals surface area contributed by atoms with Gasteiger partial charge in [0.05, 0.1) is 36.8 Å². The highest BCUT2D eigenvalue weighted by Gasteiger charge is 2.34. The van der Waals surface area contributed by atoms with Gasteiger partial charge in [-0.05, 0) is 12.8 Å². The first-order chi connectivity index (χ1) is 11.0. The monoisotopic (exact) mass is 339 g/mol. The van der Waals surface area contributed by atoms with Crippen molar-refractivity contribution in [2.75, 3.05) is 19.5 Å². The van der Waals surface area contributed by atoms with Crippen molar-refractivity contribution in [1.29, 1.82) is 0 Å². The second kappa shape index (κ2) is 7.37. The minimum atomic E-state index is -0.977. The third-order valence-electron chi connectivity index (χ3n) is 3.82. The normalized spacial score (nSPS) is 20.0. The number of allylic oxidation sites excluding steroid dienone is 2. The molecule has 23 heavy (non-hydrogen) atoms. The number of ether oxygens (including phenoxy) is 2. The number of nitrogens with one attached hydrogen (secondary N) is 1. The summed E-state index contributed by atoms with van der Waals surface area (Å²) in [7, 11) is 2.92. The van der Waals surface area contributed by atoms with Gasteiger partial charge in [0, 0.05) is 12.1 Å². The molecule has 2 atom stereocenters. The average Bonchev–Trinajstić information content (AvgIpc) is 2.55. The maximum Gasteiger partial charge on any atom is 0.307 e. The number of halogens is 1. The maximum absolute atomic E-state index is 12.5. The van der Waals surface area contributed by atoms with Crippen molar-refractivity contribution < 1.29 is 24.2 Å². The van der Waals surface area contributed by atoms with Crippen molar-refractivity contribution in [3.05, 3.63) is 29.3 Å². The number of methoxy groups -OCH3 is 2. The van der Waals surface area contributed by atoms with E-state index in [1.807, 2.05) is 6.08 Å². The number of rotatable bonds is 5. The van der Waals surface area contributed by atoms with E-state index in [0.29, 0.717) is 35.1 Å². The van der Waals surface area contributed by atoms with E-state index < -0.39 is 17.8 Å². The van der Waals surface area contributed by atoms with Crippen LogP contribution in [0.2, 0.25) is 5.02 Å². The Kier molecular flexibility index (Phi) is 5.50. The highest BCUT2D eigenvalue weighted by molar-refractivity contribution is 6.32. The third-order valence-corrected chi connectivity index (χ3v) is 4.11. The Bertz CT molecular complexity index is 644. The lowest BCUT2D eigenvalue weighted by Gasteiger charge is -2.24. The van der Waals surface area contributed by atoms with Gasteiger partial charge < -0.3 is 19.9 Å². The number of carbonyl (C=O) groups excluding carboxylic acids is 1. The van der Waals surface area contributed by atoms with Crippen molar-refractivity contribution in [3.8, 4) is 11.5 Å². The molecule has 0 aliphatic heterocycles. The van der Waals surface area contributed by atoms with Gasteiger partial charge in [0.15, 0.2) is 0 Å². The van der Waals surface area contributed by atoms with Crippen LogP contribution in [0, 0.1) is 11.8 Å². The number of amides is 1. The molecule has 6 nitrogen and oxygen atoms in total. The predicted octanol–water partition coefficient (Wildman–Crippen LogP) is 2.96. The molecule has 1 aliphatic carbocycles. The zero-order valence-corrected chi connectivity index (χ0v) is 13.6. The average molecular weight is 340 g/mol. The number of hydrogen-bond acceptors (Lipinski definition) is 4. The van der Waals surface area contributed by atoms with Gasteiger partial charge >= 0.3 is 5.97 Å². The fraction of sp³-hybridized carbons (Fsp3) is 0.375. The highest BCUT2D eigenvalue weighted by Crippen LogP contribution is 2.37. The minimum Gasteiger partial charge on any atom is -0.495 e. The number of benzene rings is 1. The second-order valence-corrected chi connectivity index (χ2v) is 5.58. The highest BCUT2D eigenvalue weighted by atomic mass is 35.5. The van der Waals surface area contributed by atoms with Crippen LogP contribution in [0.3, 0.4) is 0 Å². The summed E-state index contributed by atoms with van der Waals surface area (Å²) in [6, 6.07) is 3.08. The smallest absolute Gasteiger partial charge is 0.307 e. The van der Waals surface area contributed by atoms with Gasteiger partial charge in [-0.3, -0.25) is 9.59 Å². The summed E-state index contributed by atoms with van der Waals surface area (Å²) >= 11 is 6.03. The molecule has 0 aromatic heterocycles. The number of hydrogen-bond donors (Lipinski definition) is 2. The van der Waals surface area contributed by atoms with Gasteiger partial charge in [-0.1, -0.05) is 23.8 Å². The Hall–Kier alpha value is -2.21. The first kappa shape index (κ1) is 17.1. The summed E-state index contributed by atoms with van der Waals surface area (Å²) in [5.74, 6) is -1.95. The van der Waals surface area contributed by atoms with Gasteiger partial charge in [-0.25, -0.2) is 0 Å². The van der Waals surface area contributed by atoms with E-state index in [2.05, 4.69) is 5.32 Å². The molecule has 1 amide bonds. The summed E-state index contributed by atoms with van der Waals surface area (Å²) < 4.78 is 10.3. The van der Waals surface area contributed by atoms with Crippen molar-refractivity contribution in [2.45, 2.75) is 12.8 Å². The van der Waals surface area contributed by atoms with Crippen molar-refractivity contribution in [3.63, 3.8) is 0 Å². The Labute approximate surface area is 139 Å². The van der Waals surface area contributed by atoms with Crippen LogP contribution in [0.15, 0.2) is 24.3 Å². The van der Waals surface area contributed by atoms with Crippen LogP contribution in [0.25, 0.3) is 0 Å². The first-order valence-corrected chi connectivity index (χ1v) is 7.46. The summed E-state index contributed by atoms with van der Waals surface area (Å²) in [6.07, 6.45) is 4.34. The van der Waals surface area contributed by atoms with Crippen molar-refractivity contribution in [2.24, 2.45) is 11.8 Å². The first-order valence-electron chi connectivity index (χ1n) is 7.08. The van der Waals surface area contributed by atoms with E-state index in [9.17, 15) is 14.7 Å². The molecule has 7 heteroatoms. The van der Waals surface area contributed by atoms with E-state index in [4.69, 9.17) is 21.1 Å². The zero-order chi connectivity index (χ0) is 17.0. The largest absolute Gasteiger partial charge is 0.495 e. The Morgan fingerprint density at radius 1 is 1.13 bits per heavy atom. The fourth-order valence-corrected chi connectivity index (χ4v) is 2.79. The van der Waals surface area contributed by atoms with Crippen LogP contribution in [0.4, 0.5) is 5.69 Å². The molecule has 0 heterocycles. The Morgan fingerprint density at radius 2 is 1.74 bits per heavy atom. The summed E-state index contributed by atoms with van der Waals surface area (Å²) in [5.41, 5.74) is 0.387. The van der Waals surface area contributed by atoms with Gasteiger partial charge in [0.1, 0.15) is 11.5 Å². The molecule has 0 saturated carbocycles. The fourth-order valence-electron chi connectivity index (χ4n) is 2.56. The van der Waals surface area contributed by atoms with Crippen LogP contribution in [-0.2, 0) is 9.59 Å². The molecule has 1 aromatic rings. The van der Waals surface area contributed by atoms with Gasteiger partial charge in [-0.15, -0.1) is 0 Å². The molecule has 0 saturated heterocycles. The lowest BCUT2D eigenvalue weighted by molar-refractivity contribution is -0.146. The molecule has 0 unspecified atom stereocenters. The van der Waals surface area contributed by atoms with E-state index in [1.54, 1.807) is 12.1 Å². The van der Waals surface area contributed by atoms with E-state index in [0.717, 1.165) is 0 Å². The molecule has 0 bridgehead atoms.